The summed E-state index contributed by atoms with van der Waals surface area (Å²) in [7, 11) is 0. The third-order valence-corrected chi connectivity index (χ3v) is 5.95. The van der Waals surface area contributed by atoms with Gasteiger partial charge in [0.05, 0.1) is 10.2 Å². The van der Waals surface area contributed by atoms with E-state index in [1.807, 2.05) is 30.3 Å². The molecule has 1 aliphatic rings. The number of thiophene rings is 1. The van der Waals surface area contributed by atoms with E-state index >= 15 is 0 Å². The first-order chi connectivity index (χ1) is 14.3. The zero-order valence-electron chi connectivity index (χ0n) is 15.9. The highest BCUT2D eigenvalue weighted by molar-refractivity contribution is 7.17. The lowest BCUT2D eigenvalue weighted by atomic mass is 10.2. The van der Waals surface area contributed by atoms with E-state index in [2.05, 4.69) is 44.5 Å². The highest BCUT2D eigenvalue weighted by Gasteiger charge is 2.18. The van der Waals surface area contributed by atoms with Gasteiger partial charge >= 0.3 is 0 Å². The maximum absolute atomic E-state index is 4.87. The highest BCUT2D eigenvalue weighted by Crippen LogP contribution is 2.30. The van der Waals surface area contributed by atoms with Crippen molar-refractivity contribution >= 4 is 33.2 Å². The largest absolute Gasteiger partial charge is 0.366 e. The van der Waals surface area contributed by atoms with Crippen LogP contribution in [0.25, 0.3) is 21.6 Å². The van der Waals surface area contributed by atoms with Crippen LogP contribution in [0.5, 0.6) is 0 Å². The van der Waals surface area contributed by atoms with Crippen LogP contribution in [-0.2, 0) is 6.54 Å². The van der Waals surface area contributed by atoms with Gasteiger partial charge in [0.25, 0.3) is 0 Å². The third kappa shape index (κ3) is 4.06. The molecule has 1 aliphatic heterocycles. The third-order valence-electron chi connectivity index (χ3n) is 5.04. The Morgan fingerprint density at radius 3 is 2.90 bits per heavy atom. The molecule has 3 aromatic heterocycles. The lowest BCUT2D eigenvalue weighted by Gasteiger charge is -2.14. The number of hydrogen-bond acceptors (Lipinski definition) is 7. The van der Waals surface area contributed by atoms with Crippen molar-refractivity contribution in [1.29, 1.82) is 0 Å². The first kappa shape index (κ1) is 18.0. The molecule has 1 saturated heterocycles. The van der Waals surface area contributed by atoms with Crippen molar-refractivity contribution in [1.82, 2.24) is 20.3 Å². The molecule has 0 bridgehead atoms. The molecule has 7 heteroatoms. The minimum absolute atomic E-state index is 0.406. The average molecular weight is 403 g/mol. The van der Waals surface area contributed by atoms with Crippen molar-refractivity contribution in [2.45, 2.75) is 19.0 Å². The smallest absolute Gasteiger partial charge is 0.162 e. The van der Waals surface area contributed by atoms with E-state index in [0.717, 1.165) is 59.3 Å². The molecule has 146 valence electrons. The van der Waals surface area contributed by atoms with Gasteiger partial charge in [-0.05, 0) is 42.1 Å². The maximum Gasteiger partial charge on any atom is 0.162 e. The van der Waals surface area contributed by atoms with Gasteiger partial charge in [0, 0.05) is 30.9 Å². The van der Waals surface area contributed by atoms with Gasteiger partial charge in [0.2, 0.25) is 0 Å². The number of hydrogen-bond donors (Lipinski definition) is 3. The molecule has 1 atom stereocenters. The summed E-state index contributed by atoms with van der Waals surface area (Å²) >= 11 is 1.68. The molecule has 0 aliphatic carbocycles. The topological polar surface area (TPSA) is 74.8 Å². The van der Waals surface area contributed by atoms with Gasteiger partial charge in [-0.15, -0.1) is 11.3 Å². The Bertz CT molecular complexity index is 1100. The van der Waals surface area contributed by atoms with Gasteiger partial charge in [-0.25, -0.2) is 15.0 Å². The van der Waals surface area contributed by atoms with Crippen molar-refractivity contribution in [3.8, 4) is 11.4 Å². The first-order valence-electron chi connectivity index (χ1n) is 9.82. The SMILES string of the molecule is c1ccc(CNc2cc(-c3nc(N[C@@H]4CCNC4)c4sccc4n3)ccn2)cc1. The van der Waals surface area contributed by atoms with E-state index in [1.54, 1.807) is 17.5 Å². The number of aromatic nitrogens is 3. The van der Waals surface area contributed by atoms with Crippen molar-refractivity contribution in [2.75, 3.05) is 23.7 Å². The van der Waals surface area contributed by atoms with E-state index in [4.69, 9.17) is 9.97 Å². The van der Waals surface area contributed by atoms with E-state index < -0.39 is 0 Å². The molecule has 1 fully saturated rings. The molecule has 0 unspecified atom stereocenters. The van der Waals surface area contributed by atoms with Crippen LogP contribution in [0.1, 0.15) is 12.0 Å². The zero-order valence-corrected chi connectivity index (χ0v) is 16.7. The Morgan fingerprint density at radius 1 is 1.10 bits per heavy atom. The summed E-state index contributed by atoms with van der Waals surface area (Å²) in [5.74, 6) is 2.45. The highest BCUT2D eigenvalue weighted by atomic mass is 32.1. The van der Waals surface area contributed by atoms with Crippen LogP contribution in [0.15, 0.2) is 60.1 Å². The van der Waals surface area contributed by atoms with E-state index in [1.165, 1.54) is 5.56 Å². The number of nitrogens with one attached hydrogen (secondary N) is 3. The maximum atomic E-state index is 4.87. The van der Waals surface area contributed by atoms with Gasteiger partial charge in [0.15, 0.2) is 5.82 Å². The molecule has 3 N–H and O–H groups in total. The average Bonchev–Trinajstić information content (AvgIpc) is 3.45. The molecule has 5 rings (SSSR count). The summed E-state index contributed by atoms with van der Waals surface area (Å²) in [4.78, 5) is 14.1. The molecule has 4 heterocycles. The number of pyridine rings is 1. The number of fused-ring (bicyclic) bond motifs is 1. The van der Waals surface area contributed by atoms with Gasteiger partial charge in [-0.2, -0.15) is 0 Å². The van der Waals surface area contributed by atoms with Crippen LogP contribution < -0.4 is 16.0 Å². The summed E-state index contributed by atoms with van der Waals surface area (Å²) in [6.07, 6.45) is 2.91. The van der Waals surface area contributed by atoms with E-state index in [0.29, 0.717) is 6.04 Å². The summed E-state index contributed by atoms with van der Waals surface area (Å²) in [5, 5.41) is 12.5. The Hall–Kier alpha value is -3.03. The molecule has 1 aromatic carbocycles. The van der Waals surface area contributed by atoms with Crippen molar-refractivity contribution in [3.63, 3.8) is 0 Å². The fourth-order valence-corrected chi connectivity index (χ4v) is 4.30. The van der Waals surface area contributed by atoms with Crippen LogP contribution in [0.3, 0.4) is 0 Å². The van der Waals surface area contributed by atoms with Crippen LogP contribution in [0.2, 0.25) is 0 Å². The zero-order chi connectivity index (χ0) is 19.5. The van der Waals surface area contributed by atoms with Crippen LogP contribution >= 0.6 is 11.3 Å². The molecule has 0 radical (unpaired) electrons. The molecular weight excluding hydrogens is 380 g/mol. The van der Waals surface area contributed by atoms with E-state index in [9.17, 15) is 0 Å². The summed E-state index contributed by atoms with van der Waals surface area (Å²) in [6, 6.07) is 16.7. The number of nitrogens with zero attached hydrogens (tertiary/aromatic N) is 3. The second-order valence-corrected chi connectivity index (χ2v) is 8.05. The Morgan fingerprint density at radius 2 is 2.03 bits per heavy atom. The van der Waals surface area contributed by atoms with Crippen molar-refractivity contribution < 1.29 is 0 Å². The first-order valence-corrected chi connectivity index (χ1v) is 10.7. The molecule has 4 aromatic rings. The monoisotopic (exact) mass is 402 g/mol. The second kappa shape index (κ2) is 8.14. The Balaban J connectivity index is 1.42. The molecule has 29 heavy (non-hydrogen) atoms. The predicted molar refractivity (Wildman–Crippen MR) is 119 cm³/mol. The van der Waals surface area contributed by atoms with Gasteiger partial charge in [-0.3, -0.25) is 0 Å². The summed E-state index contributed by atoms with van der Waals surface area (Å²) < 4.78 is 1.11. The Labute approximate surface area is 173 Å². The minimum Gasteiger partial charge on any atom is -0.366 e. The number of rotatable bonds is 6. The fourth-order valence-electron chi connectivity index (χ4n) is 3.52. The van der Waals surface area contributed by atoms with Crippen LogP contribution in [0.4, 0.5) is 11.6 Å². The Kier molecular flexibility index (Phi) is 5.06. The molecule has 6 nitrogen and oxygen atoms in total. The fraction of sp³-hybridized carbons (Fsp3) is 0.227. The van der Waals surface area contributed by atoms with Crippen molar-refractivity contribution in [2.24, 2.45) is 0 Å². The van der Waals surface area contributed by atoms with Crippen LogP contribution in [0, 0.1) is 0 Å². The van der Waals surface area contributed by atoms with Gasteiger partial charge < -0.3 is 16.0 Å². The quantitative estimate of drug-likeness (QED) is 0.450. The summed E-state index contributed by atoms with van der Waals surface area (Å²) in [6.45, 7) is 2.74. The van der Waals surface area contributed by atoms with Gasteiger partial charge in [0.1, 0.15) is 11.6 Å². The molecular formula is C22H22N6S. The second-order valence-electron chi connectivity index (χ2n) is 7.13. The number of benzene rings is 1. The van der Waals surface area contributed by atoms with E-state index in [-0.39, 0.29) is 0 Å². The molecule has 0 amide bonds. The number of anilines is 2. The summed E-state index contributed by atoms with van der Waals surface area (Å²) in [5.41, 5.74) is 3.15. The normalized spacial score (nSPS) is 16.2. The molecule has 0 saturated carbocycles. The molecule has 0 spiro atoms. The minimum atomic E-state index is 0.406. The standard InChI is InChI=1S/C22H22N6S/c1-2-4-15(5-3-1)13-25-19-12-16(6-10-24-19)21-27-18-8-11-29-20(18)22(28-21)26-17-7-9-23-14-17/h1-6,8,10-12,17,23H,7,9,13-14H2,(H,24,25)(H,26,27,28)/t17-/m1/s1. The van der Waals surface area contributed by atoms with Crippen LogP contribution in [-0.4, -0.2) is 34.1 Å². The van der Waals surface area contributed by atoms with Gasteiger partial charge in [-0.1, -0.05) is 30.3 Å². The lowest BCUT2D eigenvalue weighted by molar-refractivity contribution is 0.789. The lowest BCUT2D eigenvalue weighted by Crippen LogP contribution is -2.22. The van der Waals surface area contributed by atoms with Crippen molar-refractivity contribution in [3.05, 3.63) is 65.7 Å². The predicted octanol–water partition coefficient (Wildman–Crippen LogP) is 4.14.